The molecule has 2 aliphatic rings. The van der Waals surface area contributed by atoms with Gasteiger partial charge in [0.1, 0.15) is 11.5 Å². The van der Waals surface area contributed by atoms with Crippen LogP contribution in [0, 0.1) is 0 Å². The van der Waals surface area contributed by atoms with Crippen molar-refractivity contribution in [3.8, 4) is 0 Å². The number of hydrogen-bond acceptors (Lipinski definition) is 5. The number of carbonyl (C=O) groups excluding carboxylic acids is 2. The zero-order chi connectivity index (χ0) is 15.9. The summed E-state index contributed by atoms with van der Waals surface area (Å²) >= 11 is 0. The summed E-state index contributed by atoms with van der Waals surface area (Å²) in [5.41, 5.74) is 0.00508. The van der Waals surface area contributed by atoms with Gasteiger partial charge >= 0.3 is 0 Å². The third kappa shape index (κ3) is 2.34. The number of aromatic nitrogens is 1. The second-order valence-electron chi connectivity index (χ2n) is 5.83. The van der Waals surface area contributed by atoms with E-state index >= 15 is 0 Å². The highest BCUT2D eigenvalue weighted by molar-refractivity contribution is 6.01. The highest BCUT2D eigenvalue weighted by Gasteiger charge is 2.41. The highest BCUT2D eigenvalue weighted by atomic mass is 16.3. The van der Waals surface area contributed by atoms with Gasteiger partial charge in [0, 0.05) is 32.1 Å². The SMILES string of the molecule is O=C1NC2(CCN(C(=O)c3ccco3)CC2)Nc2ncccc21. The maximum atomic E-state index is 12.3. The van der Waals surface area contributed by atoms with Gasteiger partial charge in [-0.15, -0.1) is 0 Å². The van der Waals surface area contributed by atoms with Gasteiger partial charge in [0.25, 0.3) is 11.8 Å². The van der Waals surface area contributed by atoms with Crippen LogP contribution in [0.2, 0.25) is 0 Å². The van der Waals surface area contributed by atoms with Gasteiger partial charge in [-0.1, -0.05) is 0 Å². The van der Waals surface area contributed by atoms with Gasteiger partial charge in [-0.2, -0.15) is 0 Å². The summed E-state index contributed by atoms with van der Waals surface area (Å²) in [6, 6.07) is 6.84. The maximum Gasteiger partial charge on any atom is 0.289 e. The van der Waals surface area contributed by atoms with Crippen LogP contribution in [0.5, 0.6) is 0 Å². The second-order valence-corrected chi connectivity index (χ2v) is 5.83. The van der Waals surface area contributed by atoms with Crippen molar-refractivity contribution in [3.05, 3.63) is 48.0 Å². The Morgan fingerprint density at radius 2 is 2.04 bits per heavy atom. The molecule has 2 aliphatic heterocycles. The quantitative estimate of drug-likeness (QED) is 0.832. The van der Waals surface area contributed by atoms with Crippen LogP contribution in [0.25, 0.3) is 0 Å². The number of pyridine rings is 1. The van der Waals surface area contributed by atoms with Crippen LogP contribution in [-0.2, 0) is 0 Å². The molecule has 0 aromatic carbocycles. The van der Waals surface area contributed by atoms with Crippen LogP contribution in [0.15, 0.2) is 41.1 Å². The van der Waals surface area contributed by atoms with E-state index in [1.165, 1.54) is 6.26 Å². The number of likely N-dealkylation sites (tertiary alicyclic amines) is 1. The smallest absolute Gasteiger partial charge is 0.289 e. The van der Waals surface area contributed by atoms with Crippen molar-refractivity contribution in [1.29, 1.82) is 0 Å². The molecule has 7 nitrogen and oxygen atoms in total. The van der Waals surface area contributed by atoms with Crippen LogP contribution < -0.4 is 10.6 Å². The minimum Gasteiger partial charge on any atom is -0.459 e. The van der Waals surface area contributed by atoms with Crippen LogP contribution >= 0.6 is 0 Å². The summed E-state index contributed by atoms with van der Waals surface area (Å²) in [5, 5.41) is 6.36. The predicted molar refractivity (Wildman–Crippen MR) is 81.9 cm³/mol. The number of hydrogen-bond donors (Lipinski definition) is 2. The molecule has 2 aromatic rings. The lowest BCUT2D eigenvalue weighted by molar-refractivity contribution is 0.0611. The molecule has 23 heavy (non-hydrogen) atoms. The van der Waals surface area contributed by atoms with Crippen LogP contribution in [0.4, 0.5) is 5.82 Å². The number of fused-ring (bicyclic) bond motifs is 1. The molecule has 1 spiro atoms. The molecule has 2 N–H and O–H groups in total. The van der Waals surface area contributed by atoms with E-state index in [1.54, 1.807) is 35.4 Å². The first kappa shape index (κ1) is 13.8. The van der Waals surface area contributed by atoms with E-state index in [0.29, 0.717) is 43.1 Å². The summed E-state index contributed by atoms with van der Waals surface area (Å²) in [6.07, 6.45) is 4.38. The van der Waals surface area contributed by atoms with Gasteiger partial charge in [0.2, 0.25) is 0 Å². The fraction of sp³-hybridized carbons (Fsp3) is 0.312. The normalized spacial score (nSPS) is 19.0. The fourth-order valence-corrected chi connectivity index (χ4v) is 3.13. The lowest BCUT2D eigenvalue weighted by atomic mass is 9.93. The van der Waals surface area contributed by atoms with Crippen LogP contribution in [0.1, 0.15) is 33.8 Å². The van der Waals surface area contributed by atoms with Gasteiger partial charge in [0.05, 0.1) is 11.8 Å². The maximum absolute atomic E-state index is 12.3. The van der Waals surface area contributed by atoms with Crippen molar-refractivity contribution in [1.82, 2.24) is 15.2 Å². The number of carbonyl (C=O) groups is 2. The summed E-state index contributed by atoms with van der Waals surface area (Å²) in [7, 11) is 0. The molecule has 0 radical (unpaired) electrons. The lowest BCUT2D eigenvalue weighted by Gasteiger charge is -2.45. The summed E-state index contributed by atoms with van der Waals surface area (Å²) in [4.78, 5) is 30.6. The molecule has 7 heteroatoms. The number of piperidine rings is 1. The molecule has 0 unspecified atom stereocenters. The van der Waals surface area contributed by atoms with E-state index in [1.807, 2.05) is 0 Å². The Bertz CT molecular complexity index is 748. The summed E-state index contributed by atoms with van der Waals surface area (Å²) in [5.74, 6) is 0.693. The molecular formula is C16H16N4O3. The number of rotatable bonds is 1. The Hall–Kier alpha value is -2.83. The number of nitrogens with one attached hydrogen (secondary N) is 2. The number of nitrogens with zero attached hydrogens (tertiary/aromatic N) is 2. The first-order valence-electron chi connectivity index (χ1n) is 7.55. The van der Waals surface area contributed by atoms with Crippen molar-refractivity contribution >= 4 is 17.6 Å². The van der Waals surface area contributed by atoms with Gasteiger partial charge < -0.3 is 20.0 Å². The second kappa shape index (κ2) is 5.12. The number of amides is 2. The minimum atomic E-state index is -0.543. The predicted octanol–water partition coefficient (Wildman–Crippen LogP) is 1.46. The summed E-state index contributed by atoms with van der Waals surface area (Å²) < 4.78 is 5.16. The topological polar surface area (TPSA) is 87.5 Å². The van der Waals surface area contributed by atoms with Crippen molar-refractivity contribution in [3.63, 3.8) is 0 Å². The van der Waals surface area contributed by atoms with Gasteiger partial charge in [-0.25, -0.2) is 4.98 Å². The Kier molecular flexibility index (Phi) is 3.07. The zero-order valence-corrected chi connectivity index (χ0v) is 12.4. The van der Waals surface area contributed by atoms with E-state index < -0.39 is 5.66 Å². The van der Waals surface area contributed by atoms with Crippen molar-refractivity contribution < 1.29 is 14.0 Å². The Labute approximate surface area is 132 Å². The standard InChI is InChI=1S/C16H16N4O3/c21-14-11-3-1-7-17-13(11)18-16(19-14)5-8-20(9-6-16)15(22)12-4-2-10-23-12/h1-4,7,10H,5-6,8-9H2,(H,17,18)(H,19,21). The Balaban J connectivity index is 1.50. The molecule has 0 saturated carbocycles. The molecular weight excluding hydrogens is 296 g/mol. The third-order valence-electron chi connectivity index (χ3n) is 4.40. The molecule has 1 saturated heterocycles. The fourth-order valence-electron chi connectivity index (χ4n) is 3.13. The average molecular weight is 312 g/mol. The van der Waals surface area contributed by atoms with Crippen molar-refractivity contribution in [2.45, 2.75) is 18.5 Å². The van der Waals surface area contributed by atoms with E-state index in [-0.39, 0.29) is 11.8 Å². The monoisotopic (exact) mass is 312 g/mol. The number of furan rings is 1. The van der Waals surface area contributed by atoms with Gasteiger partial charge in [-0.05, 0) is 24.3 Å². The van der Waals surface area contributed by atoms with Gasteiger partial charge in [-0.3, -0.25) is 9.59 Å². The van der Waals surface area contributed by atoms with E-state index in [9.17, 15) is 9.59 Å². The molecule has 0 bridgehead atoms. The first-order valence-corrected chi connectivity index (χ1v) is 7.55. The molecule has 2 amide bonds. The van der Waals surface area contributed by atoms with E-state index in [0.717, 1.165) is 0 Å². The van der Waals surface area contributed by atoms with E-state index in [4.69, 9.17) is 4.42 Å². The average Bonchev–Trinajstić information content (AvgIpc) is 3.09. The first-order chi connectivity index (χ1) is 11.2. The number of anilines is 1. The highest BCUT2D eigenvalue weighted by Crippen LogP contribution is 2.30. The zero-order valence-electron chi connectivity index (χ0n) is 12.4. The van der Waals surface area contributed by atoms with Crippen LogP contribution in [0.3, 0.4) is 0 Å². The van der Waals surface area contributed by atoms with Crippen LogP contribution in [-0.4, -0.2) is 40.5 Å². The van der Waals surface area contributed by atoms with Crippen molar-refractivity contribution in [2.75, 3.05) is 18.4 Å². The largest absolute Gasteiger partial charge is 0.459 e. The molecule has 2 aromatic heterocycles. The molecule has 1 fully saturated rings. The Morgan fingerprint density at radius 1 is 1.22 bits per heavy atom. The molecule has 118 valence electrons. The summed E-state index contributed by atoms with van der Waals surface area (Å²) in [6.45, 7) is 1.07. The molecule has 4 rings (SSSR count). The van der Waals surface area contributed by atoms with Gasteiger partial charge in [0.15, 0.2) is 5.76 Å². The minimum absolute atomic E-state index is 0.120. The lowest BCUT2D eigenvalue weighted by Crippen LogP contribution is -2.62. The molecule has 0 aliphatic carbocycles. The van der Waals surface area contributed by atoms with Crippen molar-refractivity contribution in [2.24, 2.45) is 0 Å². The molecule has 0 atom stereocenters. The third-order valence-corrected chi connectivity index (χ3v) is 4.40. The molecule has 4 heterocycles. The van der Waals surface area contributed by atoms with E-state index in [2.05, 4.69) is 15.6 Å². The Morgan fingerprint density at radius 3 is 2.78 bits per heavy atom.